The van der Waals surface area contributed by atoms with Crippen molar-refractivity contribution in [1.29, 1.82) is 0 Å². The van der Waals surface area contributed by atoms with Gasteiger partial charge in [-0.15, -0.1) is 11.6 Å². The van der Waals surface area contributed by atoms with Gasteiger partial charge in [0.1, 0.15) is 11.6 Å². The first-order valence-electron chi connectivity index (χ1n) is 9.30. The Balaban J connectivity index is 1.62. The van der Waals surface area contributed by atoms with Crippen molar-refractivity contribution in [3.05, 3.63) is 53.9 Å². The molecule has 3 aromatic rings. The van der Waals surface area contributed by atoms with Crippen LogP contribution in [-0.4, -0.2) is 28.2 Å². The first kappa shape index (κ1) is 19.8. The fourth-order valence-corrected chi connectivity index (χ4v) is 3.83. The third kappa shape index (κ3) is 3.96. The molecule has 2 aromatic carbocycles. The molecule has 1 aliphatic rings. The number of hydrogen-bond acceptors (Lipinski definition) is 3. The summed E-state index contributed by atoms with van der Waals surface area (Å²) in [4.78, 5) is 18.6. The summed E-state index contributed by atoms with van der Waals surface area (Å²) in [5, 5.41) is 0. The smallest absolute Gasteiger partial charge is 0.416 e. The van der Waals surface area contributed by atoms with Crippen LogP contribution in [0.2, 0.25) is 0 Å². The Morgan fingerprint density at radius 2 is 1.90 bits per heavy atom. The number of likely N-dealkylation sites (tertiary alicyclic amines) is 1. The molecule has 4 nitrogen and oxygen atoms in total. The lowest BCUT2D eigenvalue weighted by Crippen LogP contribution is -2.30. The highest BCUT2D eigenvalue weighted by Crippen LogP contribution is 2.35. The first-order valence-corrected chi connectivity index (χ1v) is 9.84. The summed E-state index contributed by atoms with van der Waals surface area (Å²) < 4.78 is 44.2. The summed E-state index contributed by atoms with van der Waals surface area (Å²) in [6.45, 7) is 0.649. The normalized spacial score (nSPS) is 17.2. The van der Waals surface area contributed by atoms with E-state index in [9.17, 15) is 18.0 Å². The number of hydrogen-bond donors (Lipinski definition) is 0. The van der Waals surface area contributed by atoms with Gasteiger partial charge in [-0.05, 0) is 48.2 Å². The molecule has 1 unspecified atom stereocenters. The zero-order valence-electron chi connectivity index (χ0n) is 15.4. The zero-order chi connectivity index (χ0) is 20.6. The van der Waals surface area contributed by atoms with Gasteiger partial charge < -0.3 is 9.32 Å². The van der Waals surface area contributed by atoms with Crippen LogP contribution in [0, 0.1) is 0 Å². The molecular weight excluding hydrogens is 405 g/mol. The molecule has 0 spiro atoms. The van der Waals surface area contributed by atoms with Crippen LogP contribution >= 0.6 is 11.6 Å². The maximum absolute atomic E-state index is 12.8. The van der Waals surface area contributed by atoms with Crippen LogP contribution in [0.5, 0.6) is 0 Å². The van der Waals surface area contributed by atoms with Crippen LogP contribution in [-0.2, 0) is 11.0 Å². The fraction of sp³-hybridized carbons (Fsp3) is 0.333. The second-order valence-electron chi connectivity index (χ2n) is 6.99. The third-order valence-corrected chi connectivity index (χ3v) is 5.31. The molecule has 4 rings (SSSR count). The molecule has 152 valence electrons. The number of carbonyl (C=O) groups excluding carboxylic acids is 1. The number of halogens is 4. The minimum Gasteiger partial charge on any atom is -0.438 e. The van der Waals surface area contributed by atoms with Crippen molar-refractivity contribution in [3.8, 4) is 11.1 Å². The van der Waals surface area contributed by atoms with Crippen molar-refractivity contribution in [2.75, 3.05) is 12.4 Å². The molecule has 1 saturated heterocycles. The predicted molar refractivity (Wildman–Crippen MR) is 103 cm³/mol. The van der Waals surface area contributed by atoms with Gasteiger partial charge in [0.25, 0.3) is 0 Å². The highest BCUT2D eigenvalue weighted by atomic mass is 35.5. The lowest BCUT2D eigenvalue weighted by molar-refractivity contribution is -0.137. The van der Waals surface area contributed by atoms with Gasteiger partial charge in [0.2, 0.25) is 11.8 Å². The summed E-state index contributed by atoms with van der Waals surface area (Å²) in [5.41, 5.74) is 1.90. The molecule has 1 aromatic heterocycles. The lowest BCUT2D eigenvalue weighted by atomic mass is 10.0. The van der Waals surface area contributed by atoms with Gasteiger partial charge >= 0.3 is 6.18 Å². The number of oxazole rings is 1. The predicted octanol–water partition coefficient (Wildman–Crippen LogP) is 5.81. The van der Waals surface area contributed by atoms with E-state index in [1.165, 1.54) is 12.1 Å². The number of benzene rings is 2. The maximum Gasteiger partial charge on any atom is 0.416 e. The molecule has 1 fully saturated rings. The third-order valence-electron chi connectivity index (χ3n) is 5.12. The fourth-order valence-electron chi connectivity index (χ4n) is 3.67. The molecule has 0 saturated carbocycles. The Labute approximate surface area is 170 Å². The van der Waals surface area contributed by atoms with E-state index in [4.69, 9.17) is 16.0 Å². The summed E-state index contributed by atoms with van der Waals surface area (Å²) in [7, 11) is 0. The summed E-state index contributed by atoms with van der Waals surface area (Å²) in [6.07, 6.45) is -2.45. The lowest BCUT2D eigenvalue weighted by Gasteiger charge is -2.21. The molecule has 29 heavy (non-hydrogen) atoms. The van der Waals surface area contributed by atoms with E-state index in [2.05, 4.69) is 4.98 Å². The van der Waals surface area contributed by atoms with Crippen LogP contribution in [0.4, 0.5) is 13.2 Å². The van der Waals surface area contributed by atoms with E-state index in [1.807, 2.05) is 0 Å². The Morgan fingerprint density at radius 3 is 2.59 bits per heavy atom. The number of rotatable bonds is 4. The standard InChI is InChI=1S/C21H18ClF3N2O2/c22-10-9-19(28)27-11-1-2-17(27)20-26-16-12-14(5-8-18(16)29-20)13-3-6-15(7-4-13)21(23,24)25/h3-8,12,17H,1-2,9-11H2. The van der Waals surface area contributed by atoms with Gasteiger partial charge in [-0.1, -0.05) is 18.2 Å². The molecule has 0 bridgehead atoms. The molecule has 2 heterocycles. The number of carbonyl (C=O) groups is 1. The summed E-state index contributed by atoms with van der Waals surface area (Å²) >= 11 is 5.69. The monoisotopic (exact) mass is 422 g/mol. The maximum atomic E-state index is 12.8. The Kier molecular flexibility index (Phi) is 5.25. The molecule has 1 aliphatic heterocycles. The Bertz CT molecular complexity index is 1030. The molecular formula is C21H18ClF3N2O2. The van der Waals surface area contributed by atoms with Crippen LogP contribution in [0.1, 0.15) is 36.8 Å². The van der Waals surface area contributed by atoms with Crippen LogP contribution in [0.3, 0.4) is 0 Å². The van der Waals surface area contributed by atoms with Crippen molar-refractivity contribution >= 4 is 28.6 Å². The van der Waals surface area contributed by atoms with Crippen LogP contribution in [0.15, 0.2) is 46.9 Å². The van der Waals surface area contributed by atoms with E-state index in [0.717, 1.165) is 30.5 Å². The number of aromatic nitrogens is 1. The van der Waals surface area contributed by atoms with Gasteiger partial charge in [-0.25, -0.2) is 4.98 Å². The van der Waals surface area contributed by atoms with Gasteiger partial charge in [0, 0.05) is 18.8 Å². The second-order valence-corrected chi connectivity index (χ2v) is 7.37. The summed E-state index contributed by atoms with van der Waals surface area (Å²) in [6, 6.07) is 10.1. The number of nitrogens with zero attached hydrogens (tertiary/aromatic N) is 2. The second kappa shape index (κ2) is 7.71. The van der Waals surface area contributed by atoms with Gasteiger partial charge in [0.15, 0.2) is 5.58 Å². The molecule has 0 aliphatic carbocycles. The highest BCUT2D eigenvalue weighted by Gasteiger charge is 2.33. The van der Waals surface area contributed by atoms with Crippen molar-refractivity contribution in [2.24, 2.45) is 0 Å². The average molecular weight is 423 g/mol. The molecule has 1 atom stereocenters. The van der Waals surface area contributed by atoms with Gasteiger partial charge in [-0.2, -0.15) is 13.2 Å². The topological polar surface area (TPSA) is 46.3 Å². The quantitative estimate of drug-likeness (QED) is 0.499. The van der Waals surface area contributed by atoms with E-state index < -0.39 is 11.7 Å². The van der Waals surface area contributed by atoms with Crippen LogP contribution in [0.25, 0.3) is 22.2 Å². The van der Waals surface area contributed by atoms with Crippen molar-refractivity contribution in [1.82, 2.24) is 9.88 Å². The summed E-state index contributed by atoms with van der Waals surface area (Å²) in [5.74, 6) is 0.728. The van der Waals surface area contributed by atoms with E-state index >= 15 is 0 Å². The number of alkyl halides is 4. The van der Waals surface area contributed by atoms with Crippen molar-refractivity contribution in [3.63, 3.8) is 0 Å². The first-order chi connectivity index (χ1) is 13.9. The molecule has 0 N–H and O–H groups in total. The van der Waals surface area contributed by atoms with Crippen molar-refractivity contribution < 1.29 is 22.4 Å². The van der Waals surface area contributed by atoms with E-state index in [-0.39, 0.29) is 24.2 Å². The van der Waals surface area contributed by atoms with Gasteiger partial charge in [-0.3, -0.25) is 4.79 Å². The van der Waals surface area contributed by atoms with Crippen LogP contribution < -0.4 is 0 Å². The minimum atomic E-state index is -4.36. The number of fused-ring (bicyclic) bond motifs is 1. The SMILES string of the molecule is O=C(CCCl)N1CCCC1c1nc2cc(-c3ccc(C(F)(F)F)cc3)ccc2o1. The van der Waals surface area contributed by atoms with E-state index in [1.54, 1.807) is 23.1 Å². The highest BCUT2D eigenvalue weighted by molar-refractivity contribution is 6.18. The zero-order valence-corrected chi connectivity index (χ0v) is 16.1. The molecule has 1 amide bonds. The molecule has 8 heteroatoms. The average Bonchev–Trinajstić information content (AvgIpc) is 3.33. The Morgan fingerprint density at radius 1 is 1.17 bits per heavy atom. The van der Waals surface area contributed by atoms with Gasteiger partial charge in [0.05, 0.1) is 5.56 Å². The minimum absolute atomic E-state index is 0.0183. The Hall–Kier alpha value is -2.54. The largest absolute Gasteiger partial charge is 0.438 e. The van der Waals surface area contributed by atoms with E-state index in [0.29, 0.717) is 29.1 Å². The van der Waals surface area contributed by atoms with Crippen molar-refractivity contribution in [2.45, 2.75) is 31.5 Å². The molecule has 0 radical (unpaired) electrons. The number of amides is 1.